The summed E-state index contributed by atoms with van der Waals surface area (Å²) in [5, 5.41) is 7.96. The molecule has 0 aliphatic carbocycles. The van der Waals surface area contributed by atoms with Gasteiger partial charge in [-0.1, -0.05) is 176 Å². The van der Waals surface area contributed by atoms with Gasteiger partial charge in [0, 0.05) is 38.7 Å². The van der Waals surface area contributed by atoms with Crippen molar-refractivity contribution >= 4 is 71.5 Å². The van der Waals surface area contributed by atoms with Crippen molar-refractivity contribution in [3.63, 3.8) is 0 Å². The van der Waals surface area contributed by atoms with E-state index in [4.69, 9.17) is 8.83 Å². The minimum absolute atomic E-state index is 0.861. The normalized spacial score (nSPS) is 11.6. The molecule has 0 N–H and O–H groups in total. The fourth-order valence-corrected chi connectivity index (χ4v) is 9.24. The monoisotopic (exact) mass is 779 g/mol. The van der Waals surface area contributed by atoms with Crippen LogP contribution in [0, 0.1) is 0 Å². The zero-order valence-corrected chi connectivity index (χ0v) is 33.1. The third-order valence-electron chi connectivity index (χ3n) is 12.1. The summed E-state index contributed by atoms with van der Waals surface area (Å²) in [7, 11) is 0. The summed E-state index contributed by atoms with van der Waals surface area (Å²) >= 11 is 0. The maximum atomic E-state index is 7.08. The molecule has 0 spiro atoms. The van der Waals surface area contributed by atoms with Crippen molar-refractivity contribution in [3.8, 4) is 44.7 Å². The first-order valence-electron chi connectivity index (χ1n) is 20.7. The molecule has 0 bridgehead atoms. The van der Waals surface area contributed by atoms with E-state index >= 15 is 0 Å². The van der Waals surface area contributed by atoms with Gasteiger partial charge >= 0.3 is 0 Å². The molecule has 61 heavy (non-hydrogen) atoms. The van der Waals surface area contributed by atoms with Gasteiger partial charge in [-0.2, -0.15) is 0 Å². The second-order valence-corrected chi connectivity index (χ2v) is 15.6. The Morgan fingerprint density at radius 2 is 0.803 bits per heavy atom. The van der Waals surface area contributed by atoms with E-state index in [-0.39, 0.29) is 0 Å². The van der Waals surface area contributed by atoms with Gasteiger partial charge in [0.15, 0.2) is 0 Å². The number of benzene rings is 10. The average molecular weight is 780 g/mol. The van der Waals surface area contributed by atoms with Crippen LogP contribution in [-0.4, -0.2) is 0 Å². The van der Waals surface area contributed by atoms with Crippen LogP contribution in [0.4, 0.5) is 17.1 Å². The summed E-state index contributed by atoms with van der Waals surface area (Å²) < 4.78 is 13.5. The van der Waals surface area contributed by atoms with E-state index in [1.54, 1.807) is 0 Å². The minimum Gasteiger partial charge on any atom is -0.456 e. The Bertz CT molecular complexity index is 3550. The maximum Gasteiger partial charge on any atom is 0.143 e. The molecule has 0 atom stereocenters. The Morgan fingerprint density at radius 3 is 1.49 bits per heavy atom. The smallest absolute Gasteiger partial charge is 0.143 e. The molecule has 10 aromatic carbocycles. The Morgan fingerprint density at radius 1 is 0.295 bits per heavy atom. The molecule has 0 aliphatic heterocycles. The number of nitrogens with zero attached hydrogens (tertiary/aromatic N) is 1. The molecule has 0 saturated carbocycles. The third-order valence-corrected chi connectivity index (χ3v) is 12.1. The van der Waals surface area contributed by atoms with Gasteiger partial charge in [-0.3, -0.25) is 0 Å². The van der Waals surface area contributed by atoms with Crippen molar-refractivity contribution in [2.45, 2.75) is 0 Å². The molecule has 0 saturated heterocycles. The molecule has 2 heterocycles. The predicted octanol–water partition coefficient (Wildman–Crippen LogP) is 16.8. The van der Waals surface area contributed by atoms with Crippen molar-refractivity contribution in [1.29, 1.82) is 0 Å². The van der Waals surface area contributed by atoms with E-state index in [2.05, 4.69) is 217 Å². The number of rotatable bonds is 7. The molecular formula is C58H37NO2. The van der Waals surface area contributed by atoms with Crippen LogP contribution in [0.15, 0.2) is 233 Å². The topological polar surface area (TPSA) is 29.5 Å². The molecule has 0 amide bonds. The van der Waals surface area contributed by atoms with Crippen molar-refractivity contribution in [1.82, 2.24) is 0 Å². The summed E-state index contributed by atoms with van der Waals surface area (Å²) in [4.78, 5) is 2.35. The molecule has 0 radical (unpaired) electrons. The van der Waals surface area contributed by atoms with Gasteiger partial charge in [0.2, 0.25) is 0 Å². The van der Waals surface area contributed by atoms with Gasteiger partial charge in [-0.25, -0.2) is 0 Å². The average Bonchev–Trinajstić information content (AvgIpc) is 3.94. The number of anilines is 3. The first-order valence-corrected chi connectivity index (χ1v) is 20.7. The Hall–Kier alpha value is -8.14. The zero-order valence-electron chi connectivity index (χ0n) is 33.1. The minimum atomic E-state index is 0.861. The lowest BCUT2D eigenvalue weighted by Gasteiger charge is -2.26. The fourth-order valence-electron chi connectivity index (χ4n) is 9.24. The van der Waals surface area contributed by atoms with Crippen LogP contribution in [0.1, 0.15) is 0 Å². The second kappa shape index (κ2) is 14.3. The first kappa shape index (κ1) is 34.9. The Kier molecular flexibility index (Phi) is 8.17. The van der Waals surface area contributed by atoms with Crippen LogP contribution >= 0.6 is 0 Å². The van der Waals surface area contributed by atoms with Gasteiger partial charge in [0.1, 0.15) is 22.5 Å². The van der Waals surface area contributed by atoms with Crippen molar-refractivity contribution in [2.75, 3.05) is 4.90 Å². The molecule has 12 rings (SSSR count). The molecule has 286 valence electrons. The molecule has 12 aromatic rings. The summed E-state index contributed by atoms with van der Waals surface area (Å²) in [6.45, 7) is 0. The van der Waals surface area contributed by atoms with Crippen LogP contribution < -0.4 is 4.90 Å². The van der Waals surface area contributed by atoms with Gasteiger partial charge in [0.05, 0.1) is 11.1 Å². The number of para-hydroxylation sites is 1. The van der Waals surface area contributed by atoms with Crippen LogP contribution in [0.25, 0.3) is 99.2 Å². The first-order chi connectivity index (χ1) is 30.3. The summed E-state index contributed by atoms with van der Waals surface area (Å²) in [6, 6.07) is 79.6. The fraction of sp³-hybridized carbons (Fsp3) is 0. The highest BCUT2D eigenvalue weighted by molar-refractivity contribution is 6.29. The highest BCUT2D eigenvalue weighted by Crippen LogP contribution is 2.48. The lowest BCUT2D eigenvalue weighted by Crippen LogP contribution is -2.10. The van der Waals surface area contributed by atoms with Crippen molar-refractivity contribution < 1.29 is 8.83 Å². The van der Waals surface area contributed by atoms with E-state index in [1.165, 1.54) is 27.3 Å². The molecule has 3 nitrogen and oxygen atoms in total. The Labute approximate surface area is 353 Å². The van der Waals surface area contributed by atoms with Crippen LogP contribution in [0.5, 0.6) is 0 Å². The molecule has 0 unspecified atom stereocenters. The molecule has 3 heteroatoms. The van der Waals surface area contributed by atoms with E-state index in [0.29, 0.717) is 0 Å². The highest BCUT2D eigenvalue weighted by Gasteiger charge is 2.24. The van der Waals surface area contributed by atoms with Crippen LogP contribution in [0.2, 0.25) is 0 Å². The third kappa shape index (κ3) is 5.82. The molecule has 0 aliphatic rings. The number of hydrogen-bond acceptors (Lipinski definition) is 3. The quantitative estimate of drug-likeness (QED) is 0.151. The van der Waals surface area contributed by atoms with E-state index < -0.39 is 0 Å². The number of fused-ring (bicyclic) bond motifs is 9. The van der Waals surface area contributed by atoms with Crippen LogP contribution in [0.3, 0.4) is 0 Å². The molecule has 2 aromatic heterocycles. The van der Waals surface area contributed by atoms with Gasteiger partial charge in [0.25, 0.3) is 0 Å². The predicted molar refractivity (Wildman–Crippen MR) is 255 cm³/mol. The largest absolute Gasteiger partial charge is 0.456 e. The van der Waals surface area contributed by atoms with E-state index in [9.17, 15) is 0 Å². The van der Waals surface area contributed by atoms with E-state index in [1.807, 2.05) is 12.1 Å². The second-order valence-electron chi connectivity index (χ2n) is 15.6. The number of furan rings is 2. The van der Waals surface area contributed by atoms with Gasteiger partial charge < -0.3 is 13.7 Å². The summed E-state index contributed by atoms with van der Waals surface area (Å²) in [6.07, 6.45) is 0. The highest BCUT2D eigenvalue weighted by atomic mass is 16.3. The van der Waals surface area contributed by atoms with Crippen molar-refractivity contribution in [2.24, 2.45) is 0 Å². The standard InChI is InChI=1S/C58H37NO2/c1-4-15-38(16-5-1)39-27-32-44(33-28-39)59(51-24-14-26-53-55(51)49-23-12-13-25-52(49)60-53)45-34-29-40(30-35-45)43-31-36-47-46-21-10-11-22-48(46)56-54(41-17-6-2-7-18-41)57(42-19-8-3-9-20-42)61-58(56)50(47)37-43/h1-37H. The Balaban J connectivity index is 1.02. The zero-order chi connectivity index (χ0) is 40.3. The molecule has 0 fully saturated rings. The molecular weight excluding hydrogens is 743 g/mol. The van der Waals surface area contributed by atoms with Crippen LogP contribution in [-0.2, 0) is 0 Å². The lowest BCUT2D eigenvalue weighted by atomic mass is 9.91. The number of hydrogen-bond donors (Lipinski definition) is 0. The summed E-state index contributed by atoms with van der Waals surface area (Å²) in [5.41, 5.74) is 13.7. The van der Waals surface area contributed by atoms with E-state index in [0.717, 1.165) is 88.9 Å². The lowest BCUT2D eigenvalue weighted by molar-refractivity contribution is 0.636. The van der Waals surface area contributed by atoms with Gasteiger partial charge in [-0.15, -0.1) is 0 Å². The maximum absolute atomic E-state index is 7.08. The van der Waals surface area contributed by atoms with Crippen molar-refractivity contribution in [3.05, 3.63) is 224 Å². The summed E-state index contributed by atoms with van der Waals surface area (Å²) in [5.74, 6) is 0.881. The SMILES string of the molecule is c1ccc(-c2ccc(N(c3ccc(-c4ccc5c6ccccc6c6c(-c7ccccc7)c(-c7ccccc7)oc6c5c4)cc3)c3cccc4oc5ccccc5c34)cc2)cc1. The van der Waals surface area contributed by atoms with Gasteiger partial charge in [-0.05, 0) is 92.5 Å².